The lowest BCUT2D eigenvalue weighted by Gasteiger charge is -2.47. The zero-order valence-electron chi connectivity index (χ0n) is 19.8. The maximum Gasteiger partial charge on any atom is 0.128 e. The number of rotatable bonds is 6. The lowest BCUT2D eigenvalue weighted by Crippen LogP contribution is -2.57. The number of ether oxygens (including phenoxy) is 1. The van der Waals surface area contributed by atoms with E-state index in [4.69, 9.17) is 16.3 Å². The van der Waals surface area contributed by atoms with E-state index in [1.54, 1.807) is 0 Å². The quantitative estimate of drug-likeness (QED) is 0.676. The van der Waals surface area contributed by atoms with Crippen molar-refractivity contribution in [3.05, 3.63) is 58.2 Å². The Morgan fingerprint density at radius 3 is 2.59 bits per heavy atom. The summed E-state index contributed by atoms with van der Waals surface area (Å²) in [6.45, 7) is 11.7. The first kappa shape index (κ1) is 25.0. The van der Waals surface area contributed by atoms with Gasteiger partial charge in [0.2, 0.25) is 0 Å². The Morgan fingerprint density at radius 2 is 1.88 bits per heavy atom. The molecule has 1 aromatic heterocycles. The monoisotopic (exact) mass is 459 g/mol. The summed E-state index contributed by atoms with van der Waals surface area (Å²) < 4.78 is 6.34. The molecule has 2 aliphatic heterocycles. The van der Waals surface area contributed by atoms with Crippen molar-refractivity contribution in [2.75, 3.05) is 44.3 Å². The SMILES string of the molecule is CC.CCc1ccnc(N2CCOC3(CCN(Cc4cccc(CCO)c4Cl)CC3)C2)c1. The van der Waals surface area contributed by atoms with Crippen LogP contribution in [0.4, 0.5) is 5.82 Å². The molecule has 6 heteroatoms. The molecule has 0 aliphatic carbocycles. The number of halogens is 1. The number of hydrogen-bond acceptors (Lipinski definition) is 5. The van der Waals surface area contributed by atoms with Crippen LogP contribution in [0.25, 0.3) is 0 Å². The number of nitrogens with zero attached hydrogens (tertiary/aromatic N) is 3. The standard InChI is InChI=1S/C24H32ClN3O2.C2H6/c1-2-19-6-10-26-22(16-19)28-13-15-30-24(18-28)8-11-27(12-9-24)17-21-5-3-4-20(7-14-29)23(21)25;1-2/h3-6,10,16,29H,2,7-9,11-15,17-18H2,1H3;1-2H3. The number of aromatic nitrogens is 1. The highest BCUT2D eigenvalue weighted by molar-refractivity contribution is 6.32. The van der Waals surface area contributed by atoms with Crippen molar-refractivity contribution in [3.63, 3.8) is 0 Å². The van der Waals surface area contributed by atoms with Crippen molar-refractivity contribution in [1.29, 1.82) is 0 Å². The molecule has 32 heavy (non-hydrogen) atoms. The van der Waals surface area contributed by atoms with Gasteiger partial charge in [-0.05, 0) is 54.5 Å². The molecule has 1 spiro atoms. The van der Waals surface area contributed by atoms with Crippen LogP contribution in [0, 0.1) is 0 Å². The van der Waals surface area contributed by atoms with Crippen molar-refractivity contribution in [1.82, 2.24) is 9.88 Å². The Labute approximate surface area is 198 Å². The molecule has 0 saturated carbocycles. The number of likely N-dealkylation sites (tertiary alicyclic amines) is 1. The van der Waals surface area contributed by atoms with E-state index in [2.05, 4.69) is 39.9 Å². The molecule has 4 rings (SSSR count). The summed E-state index contributed by atoms with van der Waals surface area (Å²) >= 11 is 6.58. The fourth-order valence-electron chi connectivity index (χ4n) is 4.62. The van der Waals surface area contributed by atoms with Crippen LogP contribution in [0.2, 0.25) is 5.02 Å². The molecule has 0 atom stereocenters. The predicted octanol–water partition coefficient (Wildman–Crippen LogP) is 4.73. The van der Waals surface area contributed by atoms with Crippen molar-refractivity contribution in [3.8, 4) is 0 Å². The van der Waals surface area contributed by atoms with E-state index in [-0.39, 0.29) is 12.2 Å². The van der Waals surface area contributed by atoms with Crippen LogP contribution in [0.5, 0.6) is 0 Å². The third-order valence-corrected chi connectivity index (χ3v) is 6.98. The number of piperidine rings is 1. The molecule has 2 fully saturated rings. The third kappa shape index (κ3) is 6.02. The molecule has 0 bridgehead atoms. The first-order chi connectivity index (χ1) is 15.6. The maximum atomic E-state index is 9.24. The second kappa shape index (κ2) is 12.0. The number of morpholine rings is 1. The maximum absolute atomic E-state index is 9.24. The molecule has 176 valence electrons. The normalized spacial score (nSPS) is 18.3. The molecule has 1 aromatic carbocycles. The van der Waals surface area contributed by atoms with Gasteiger partial charge in [-0.1, -0.05) is 50.6 Å². The Bertz CT molecular complexity index is 853. The van der Waals surface area contributed by atoms with Crippen molar-refractivity contribution in [2.45, 2.75) is 58.6 Å². The summed E-state index contributed by atoms with van der Waals surface area (Å²) in [5.41, 5.74) is 3.42. The van der Waals surface area contributed by atoms with Gasteiger partial charge in [0.25, 0.3) is 0 Å². The smallest absolute Gasteiger partial charge is 0.128 e. The van der Waals surface area contributed by atoms with Gasteiger partial charge in [-0.25, -0.2) is 4.98 Å². The second-order valence-electron chi connectivity index (χ2n) is 8.47. The minimum Gasteiger partial charge on any atom is -0.396 e. The van der Waals surface area contributed by atoms with Gasteiger partial charge in [0, 0.05) is 50.6 Å². The molecule has 0 unspecified atom stereocenters. The number of benzene rings is 1. The number of pyridine rings is 1. The van der Waals surface area contributed by atoms with E-state index < -0.39 is 0 Å². The molecule has 2 saturated heterocycles. The van der Waals surface area contributed by atoms with Gasteiger partial charge >= 0.3 is 0 Å². The van der Waals surface area contributed by atoms with Gasteiger partial charge in [-0.2, -0.15) is 0 Å². The van der Waals surface area contributed by atoms with E-state index >= 15 is 0 Å². The van der Waals surface area contributed by atoms with Crippen LogP contribution in [0.15, 0.2) is 36.5 Å². The van der Waals surface area contributed by atoms with E-state index in [9.17, 15) is 5.11 Å². The first-order valence-corrected chi connectivity index (χ1v) is 12.4. The van der Waals surface area contributed by atoms with E-state index in [1.165, 1.54) is 5.56 Å². The first-order valence-electron chi connectivity index (χ1n) is 12.1. The minimum absolute atomic E-state index is 0.0822. The highest BCUT2D eigenvalue weighted by Crippen LogP contribution is 2.33. The lowest BCUT2D eigenvalue weighted by atomic mass is 9.89. The Balaban J connectivity index is 0.00000141. The van der Waals surface area contributed by atoms with Crippen LogP contribution in [0.3, 0.4) is 0 Å². The topological polar surface area (TPSA) is 48.8 Å². The van der Waals surface area contributed by atoms with E-state index in [0.29, 0.717) is 6.42 Å². The molecule has 5 nitrogen and oxygen atoms in total. The second-order valence-corrected chi connectivity index (χ2v) is 8.85. The van der Waals surface area contributed by atoms with Gasteiger partial charge < -0.3 is 14.7 Å². The molecule has 2 aliphatic rings. The van der Waals surface area contributed by atoms with Crippen molar-refractivity contribution < 1.29 is 9.84 Å². The van der Waals surface area contributed by atoms with Crippen LogP contribution < -0.4 is 4.90 Å². The summed E-state index contributed by atoms with van der Waals surface area (Å²) in [7, 11) is 0. The van der Waals surface area contributed by atoms with Crippen LogP contribution in [-0.2, 0) is 24.1 Å². The van der Waals surface area contributed by atoms with Crippen LogP contribution in [0.1, 0.15) is 50.3 Å². The predicted molar refractivity (Wildman–Crippen MR) is 133 cm³/mol. The van der Waals surface area contributed by atoms with Gasteiger partial charge in [0.15, 0.2) is 0 Å². The molecular formula is C26H38ClN3O2. The largest absolute Gasteiger partial charge is 0.396 e. The average Bonchev–Trinajstić information content (AvgIpc) is 2.85. The molecular weight excluding hydrogens is 422 g/mol. The average molecular weight is 460 g/mol. The highest BCUT2D eigenvalue weighted by Gasteiger charge is 2.40. The number of hydrogen-bond donors (Lipinski definition) is 1. The summed E-state index contributed by atoms with van der Waals surface area (Å²) in [6.07, 6.45) is 5.60. The molecule has 0 amide bonds. The zero-order valence-corrected chi connectivity index (χ0v) is 20.6. The highest BCUT2D eigenvalue weighted by atomic mass is 35.5. The van der Waals surface area contributed by atoms with Crippen molar-refractivity contribution in [2.24, 2.45) is 0 Å². The van der Waals surface area contributed by atoms with Gasteiger partial charge in [-0.3, -0.25) is 4.90 Å². The molecule has 0 radical (unpaired) electrons. The zero-order chi connectivity index (χ0) is 23.0. The van der Waals surface area contributed by atoms with Gasteiger partial charge in [-0.15, -0.1) is 0 Å². The van der Waals surface area contributed by atoms with Crippen molar-refractivity contribution >= 4 is 17.4 Å². The fraction of sp³-hybridized carbons (Fsp3) is 0.577. The van der Waals surface area contributed by atoms with E-state index in [0.717, 1.165) is 80.6 Å². The number of aliphatic hydroxyl groups excluding tert-OH is 1. The summed E-state index contributed by atoms with van der Waals surface area (Å²) in [6, 6.07) is 10.4. The molecule has 2 aromatic rings. The number of aliphatic hydroxyl groups is 1. The van der Waals surface area contributed by atoms with Crippen LogP contribution in [-0.4, -0.2) is 60.0 Å². The number of anilines is 1. The fourth-order valence-corrected chi connectivity index (χ4v) is 4.90. The Kier molecular flexibility index (Phi) is 9.35. The summed E-state index contributed by atoms with van der Waals surface area (Å²) in [4.78, 5) is 9.48. The summed E-state index contributed by atoms with van der Waals surface area (Å²) in [5, 5.41) is 10.0. The Morgan fingerprint density at radius 1 is 1.12 bits per heavy atom. The molecule has 1 N–H and O–H groups in total. The number of aryl methyl sites for hydroxylation is 1. The minimum atomic E-state index is -0.0822. The van der Waals surface area contributed by atoms with Gasteiger partial charge in [0.1, 0.15) is 5.82 Å². The lowest BCUT2D eigenvalue weighted by molar-refractivity contribution is -0.0922. The molecule has 3 heterocycles. The third-order valence-electron chi connectivity index (χ3n) is 6.49. The Hall–Kier alpha value is -1.66. The van der Waals surface area contributed by atoms with E-state index in [1.807, 2.05) is 32.2 Å². The summed E-state index contributed by atoms with van der Waals surface area (Å²) in [5.74, 6) is 1.08. The van der Waals surface area contributed by atoms with Crippen LogP contribution >= 0.6 is 11.6 Å². The van der Waals surface area contributed by atoms with Gasteiger partial charge in [0.05, 0.1) is 12.2 Å².